The van der Waals surface area contributed by atoms with Crippen molar-refractivity contribution in [1.29, 1.82) is 0 Å². The molecule has 0 unspecified atom stereocenters. The highest BCUT2D eigenvalue weighted by Crippen LogP contribution is 2.35. The van der Waals surface area contributed by atoms with Gasteiger partial charge in [0.1, 0.15) is 0 Å². The average Bonchev–Trinajstić information content (AvgIpc) is 2.63. The maximum Gasteiger partial charge on any atom is 0.185 e. The van der Waals surface area contributed by atoms with Crippen molar-refractivity contribution < 1.29 is 9.47 Å². The summed E-state index contributed by atoms with van der Waals surface area (Å²) in [5.74, 6) is 0. The van der Waals surface area contributed by atoms with E-state index in [4.69, 9.17) is 21.1 Å². The third kappa shape index (κ3) is 1.96. The first-order valence-electron chi connectivity index (χ1n) is 4.37. The Bertz CT molecular complexity index is 348. The minimum atomic E-state index is -0.307. The number of hydrogen-bond acceptors (Lipinski definition) is 2. The number of hydrogen-bond donors (Lipinski definition) is 0. The molecule has 76 valence electrons. The first kappa shape index (κ1) is 10.4. The number of ether oxygens (including phenoxy) is 2. The number of halogens is 2. The SMILES string of the molecule is Cc1cc(Br)c(Cl)c(C2OCCO2)c1. The standard InChI is InChI=1S/C10H10BrClO2/c1-6-4-7(9(12)8(11)5-6)10-13-2-3-14-10/h4-5,10H,2-3H2,1H3. The van der Waals surface area contributed by atoms with Gasteiger partial charge in [-0.15, -0.1) is 0 Å². The third-order valence-corrected chi connectivity index (χ3v) is 3.35. The van der Waals surface area contributed by atoms with Crippen molar-refractivity contribution in [2.24, 2.45) is 0 Å². The Morgan fingerprint density at radius 2 is 2.00 bits per heavy atom. The average molecular weight is 278 g/mol. The number of benzene rings is 1. The molecule has 1 fully saturated rings. The molecule has 2 nitrogen and oxygen atoms in total. The molecule has 0 radical (unpaired) electrons. The molecular formula is C10H10BrClO2. The minimum Gasteiger partial charge on any atom is -0.346 e. The largest absolute Gasteiger partial charge is 0.346 e. The first-order chi connectivity index (χ1) is 6.68. The fourth-order valence-corrected chi connectivity index (χ4v) is 2.25. The zero-order valence-corrected chi connectivity index (χ0v) is 10.1. The molecule has 14 heavy (non-hydrogen) atoms. The van der Waals surface area contributed by atoms with Crippen LogP contribution in [0.4, 0.5) is 0 Å². The zero-order chi connectivity index (χ0) is 10.1. The van der Waals surface area contributed by atoms with Crippen LogP contribution in [0.1, 0.15) is 17.4 Å². The minimum absolute atomic E-state index is 0.307. The van der Waals surface area contributed by atoms with Crippen molar-refractivity contribution in [2.75, 3.05) is 13.2 Å². The van der Waals surface area contributed by atoms with Crippen LogP contribution < -0.4 is 0 Å². The Kier molecular flexibility index (Phi) is 3.12. The monoisotopic (exact) mass is 276 g/mol. The van der Waals surface area contributed by atoms with Gasteiger partial charge in [-0.3, -0.25) is 0 Å². The summed E-state index contributed by atoms with van der Waals surface area (Å²) in [6, 6.07) is 3.96. The molecule has 0 aliphatic carbocycles. The predicted molar refractivity (Wildman–Crippen MR) is 58.5 cm³/mol. The third-order valence-electron chi connectivity index (χ3n) is 2.08. The van der Waals surface area contributed by atoms with E-state index in [0.29, 0.717) is 18.2 Å². The van der Waals surface area contributed by atoms with Gasteiger partial charge in [-0.1, -0.05) is 11.6 Å². The van der Waals surface area contributed by atoms with Crippen LogP contribution in [0.25, 0.3) is 0 Å². The van der Waals surface area contributed by atoms with E-state index in [1.807, 2.05) is 19.1 Å². The van der Waals surface area contributed by atoms with E-state index in [1.54, 1.807) is 0 Å². The molecule has 0 N–H and O–H groups in total. The van der Waals surface area contributed by atoms with Crippen molar-refractivity contribution in [3.63, 3.8) is 0 Å². The van der Waals surface area contributed by atoms with Crippen molar-refractivity contribution in [3.8, 4) is 0 Å². The smallest absolute Gasteiger partial charge is 0.185 e. The van der Waals surface area contributed by atoms with E-state index in [0.717, 1.165) is 15.6 Å². The molecule has 1 saturated heterocycles. The van der Waals surface area contributed by atoms with Gasteiger partial charge in [-0.25, -0.2) is 0 Å². The second-order valence-corrected chi connectivity index (χ2v) is 4.46. The summed E-state index contributed by atoms with van der Waals surface area (Å²) in [6.07, 6.45) is -0.307. The van der Waals surface area contributed by atoms with Crippen molar-refractivity contribution >= 4 is 27.5 Å². The molecule has 0 atom stereocenters. The Morgan fingerprint density at radius 3 is 2.64 bits per heavy atom. The molecule has 1 aliphatic rings. The summed E-state index contributed by atoms with van der Waals surface area (Å²) in [5, 5.41) is 0.669. The van der Waals surface area contributed by atoms with Crippen LogP contribution in [0.15, 0.2) is 16.6 Å². The van der Waals surface area contributed by atoms with Gasteiger partial charge in [-0.2, -0.15) is 0 Å². The van der Waals surface area contributed by atoms with Crippen LogP contribution >= 0.6 is 27.5 Å². The molecule has 0 spiro atoms. The normalized spacial score (nSPS) is 17.6. The Hall–Kier alpha value is -0.0900. The van der Waals surface area contributed by atoms with Gasteiger partial charge in [0.15, 0.2) is 6.29 Å². The topological polar surface area (TPSA) is 18.5 Å². The molecule has 4 heteroatoms. The van der Waals surface area contributed by atoms with E-state index in [9.17, 15) is 0 Å². The number of rotatable bonds is 1. The van der Waals surface area contributed by atoms with E-state index >= 15 is 0 Å². The van der Waals surface area contributed by atoms with Crippen LogP contribution in [-0.2, 0) is 9.47 Å². The van der Waals surface area contributed by atoms with Crippen molar-refractivity contribution in [3.05, 3.63) is 32.8 Å². The second kappa shape index (κ2) is 4.19. The highest BCUT2D eigenvalue weighted by molar-refractivity contribution is 9.10. The Labute approximate surface area is 96.3 Å². The lowest BCUT2D eigenvalue weighted by molar-refractivity contribution is -0.0441. The van der Waals surface area contributed by atoms with Crippen LogP contribution in [0.3, 0.4) is 0 Å². The fourth-order valence-electron chi connectivity index (χ4n) is 1.46. The van der Waals surface area contributed by atoms with Gasteiger partial charge in [0, 0.05) is 10.0 Å². The molecule has 2 rings (SSSR count). The lowest BCUT2D eigenvalue weighted by Gasteiger charge is -2.13. The summed E-state index contributed by atoms with van der Waals surface area (Å²) < 4.78 is 11.7. The molecule has 1 aliphatic heterocycles. The van der Waals surface area contributed by atoms with E-state index in [1.165, 1.54) is 0 Å². The van der Waals surface area contributed by atoms with Gasteiger partial charge in [0.2, 0.25) is 0 Å². The Morgan fingerprint density at radius 1 is 1.36 bits per heavy atom. The van der Waals surface area contributed by atoms with Gasteiger partial charge in [-0.05, 0) is 40.5 Å². The quantitative estimate of drug-likeness (QED) is 0.783. The molecule has 1 heterocycles. The van der Waals surface area contributed by atoms with Crippen LogP contribution in [0.5, 0.6) is 0 Å². The van der Waals surface area contributed by atoms with Gasteiger partial charge >= 0.3 is 0 Å². The lowest BCUT2D eigenvalue weighted by atomic mass is 10.1. The predicted octanol–water partition coefficient (Wildman–Crippen LogP) is 3.46. The maximum atomic E-state index is 6.14. The molecule has 0 saturated carbocycles. The zero-order valence-electron chi connectivity index (χ0n) is 7.72. The van der Waals surface area contributed by atoms with Gasteiger partial charge in [0.25, 0.3) is 0 Å². The molecule has 1 aromatic carbocycles. The molecule has 0 aromatic heterocycles. The van der Waals surface area contributed by atoms with E-state index in [-0.39, 0.29) is 6.29 Å². The molecule has 0 bridgehead atoms. The summed E-state index contributed by atoms with van der Waals surface area (Å²) in [6.45, 7) is 3.28. The first-order valence-corrected chi connectivity index (χ1v) is 5.54. The van der Waals surface area contributed by atoms with E-state index in [2.05, 4.69) is 15.9 Å². The van der Waals surface area contributed by atoms with Crippen molar-refractivity contribution in [1.82, 2.24) is 0 Å². The molecule has 1 aromatic rings. The highest BCUT2D eigenvalue weighted by Gasteiger charge is 2.22. The number of aryl methyl sites for hydroxylation is 1. The highest BCUT2D eigenvalue weighted by atomic mass is 79.9. The summed E-state index contributed by atoms with van der Waals surface area (Å²) in [4.78, 5) is 0. The van der Waals surface area contributed by atoms with Gasteiger partial charge < -0.3 is 9.47 Å². The van der Waals surface area contributed by atoms with Crippen LogP contribution in [0.2, 0.25) is 5.02 Å². The summed E-state index contributed by atoms with van der Waals surface area (Å²) >= 11 is 9.54. The van der Waals surface area contributed by atoms with Gasteiger partial charge in [0.05, 0.1) is 18.2 Å². The lowest BCUT2D eigenvalue weighted by Crippen LogP contribution is -2.00. The van der Waals surface area contributed by atoms with Crippen molar-refractivity contribution in [2.45, 2.75) is 13.2 Å². The van der Waals surface area contributed by atoms with Crippen LogP contribution in [-0.4, -0.2) is 13.2 Å². The Balaban J connectivity index is 2.40. The summed E-state index contributed by atoms with van der Waals surface area (Å²) in [7, 11) is 0. The second-order valence-electron chi connectivity index (χ2n) is 3.22. The fraction of sp³-hybridized carbons (Fsp3) is 0.400. The maximum absolute atomic E-state index is 6.14. The molecular weight excluding hydrogens is 267 g/mol. The molecule has 0 amide bonds. The van der Waals surface area contributed by atoms with Crippen LogP contribution in [0, 0.1) is 6.92 Å². The van der Waals surface area contributed by atoms with E-state index < -0.39 is 0 Å². The summed E-state index contributed by atoms with van der Waals surface area (Å²) in [5.41, 5.74) is 2.03.